The van der Waals surface area contributed by atoms with E-state index in [-0.39, 0.29) is 5.82 Å². The largest absolute Gasteiger partial charge is 0.389 e. The van der Waals surface area contributed by atoms with Gasteiger partial charge in [-0.2, -0.15) is 0 Å². The van der Waals surface area contributed by atoms with E-state index < -0.39 is 0 Å². The quantitative estimate of drug-likeness (QED) is 0.785. The molecule has 19 heavy (non-hydrogen) atoms. The van der Waals surface area contributed by atoms with E-state index in [0.29, 0.717) is 15.7 Å². The molecule has 0 unspecified atom stereocenters. The molecule has 2 aromatic carbocycles. The summed E-state index contributed by atoms with van der Waals surface area (Å²) >= 11 is 14.3. The molecule has 0 radical (unpaired) electrons. The standard InChI is InChI=1S/C13H9BrClFN2S/c14-9-5-7(13(17)19)1-4-11(9)18-12-6-8(16)2-3-10(12)15/h1-6,18H,(H2,17,19). The van der Waals surface area contributed by atoms with Crippen LogP contribution in [0.1, 0.15) is 5.56 Å². The van der Waals surface area contributed by atoms with Crippen molar-refractivity contribution in [1.29, 1.82) is 0 Å². The monoisotopic (exact) mass is 358 g/mol. The molecule has 0 bridgehead atoms. The van der Waals surface area contributed by atoms with Gasteiger partial charge >= 0.3 is 0 Å². The maximum absolute atomic E-state index is 13.2. The molecule has 98 valence electrons. The molecule has 0 fully saturated rings. The van der Waals surface area contributed by atoms with Gasteiger partial charge in [0, 0.05) is 10.0 Å². The molecule has 2 rings (SSSR count). The van der Waals surface area contributed by atoms with Crippen LogP contribution in [0.2, 0.25) is 5.02 Å². The topological polar surface area (TPSA) is 38.0 Å². The Morgan fingerprint density at radius 3 is 2.58 bits per heavy atom. The predicted octanol–water partition coefficient (Wildman–Crippen LogP) is 4.62. The Labute approximate surface area is 128 Å². The number of anilines is 2. The number of benzene rings is 2. The second-order valence-corrected chi connectivity index (χ2v) is 5.51. The average Bonchev–Trinajstić information content (AvgIpc) is 2.36. The molecular weight excluding hydrogens is 351 g/mol. The van der Waals surface area contributed by atoms with Crippen LogP contribution in [0.15, 0.2) is 40.9 Å². The number of rotatable bonds is 3. The third kappa shape index (κ3) is 3.43. The van der Waals surface area contributed by atoms with Crippen molar-refractivity contribution in [3.8, 4) is 0 Å². The third-order valence-electron chi connectivity index (χ3n) is 2.45. The van der Waals surface area contributed by atoms with Crippen LogP contribution in [0.25, 0.3) is 0 Å². The Bertz CT molecular complexity index is 649. The van der Waals surface area contributed by atoms with Crippen LogP contribution in [0.3, 0.4) is 0 Å². The van der Waals surface area contributed by atoms with Gasteiger partial charge in [0.1, 0.15) is 10.8 Å². The van der Waals surface area contributed by atoms with Crippen LogP contribution in [0.5, 0.6) is 0 Å². The second-order valence-electron chi connectivity index (χ2n) is 3.81. The van der Waals surface area contributed by atoms with Crippen molar-refractivity contribution >= 4 is 56.1 Å². The molecular formula is C13H9BrClFN2S. The van der Waals surface area contributed by atoms with Gasteiger partial charge in [0.05, 0.1) is 16.4 Å². The van der Waals surface area contributed by atoms with Gasteiger partial charge in [0.25, 0.3) is 0 Å². The van der Waals surface area contributed by atoms with E-state index in [1.54, 1.807) is 18.2 Å². The zero-order valence-corrected chi connectivity index (χ0v) is 12.7. The molecule has 0 amide bonds. The molecule has 0 spiro atoms. The average molecular weight is 360 g/mol. The summed E-state index contributed by atoms with van der Waals surface area (Å²) in [6.45, 7) is 0. The van der Waals surface area contributed by atoms with E-state index in [4.69, 9.17) is 29.6 Å². The van der Waals surface area contributed by atoms with Crippen molar-refractivity contribution in [3.63, 3.8) is 0 Å². The van der Waals surface area contributed by atoms with Gasteiger partial charge in [-0.05, 0) is 52.3 Å². The molecule has 0 heterocycles. The molecule has 0 aromatic heterocycles. The molecule has 0 aliphatic carbocycles. The summed E-state index contributed by atoms with van der Waals surface area (Å²) in [6, 6.07) is 9.49. The Balaban J connectivity index is 2.33. The maximum atomic E-state index is 13.2. The number of hydrogen-bond acceptors (Lipinski definition) is 2. The van der Waals surface area contributed by atoms with Crippen molar-refractivity contribution in [3.05, 3.63) is 57.3 Å². The first-order chi connectivity index (χ1) is 8.97. The Kier molecular flexibility index (Phi) is 4.39. The minimum Gasteiger partial charge on any atom is -0.389 e. The number of thiocarbonyl (C=S) groups is 1. The lowest BCUT2D eigenvalue weighted by Gasteiger charge is -2.11. The normalized spacial score (nSPS) is 10.3. The number of nitrogens with one attached hydrogen (secondary N) is 1. The minimum absolute atomic E-state index is 0.316. The maximum Gasteiger partial charge on any atom is 0.125 e. The summed E-state index contributed by atoms with van der Waals surface area (Å²) in [5, 5.41) is 3.48. The summed E-state index contributed by atoms with van der Waals surface area (Å²) in [4.78, 5) is 0.316. The predicted molar refractivity (Wildman–Crippen MR) is 84.7 cm³/mol. The van der Waals surface area contributed by atoms with Gasteiger partial charge in [0.15, 0.2) is 0 Å². The molecule has 0 saturated carbocycles. The van der Waals surface area contributed by atoms with E-state index in [1.807, 2.05) is 0 Å². The van der Waals surface area contributed by atoms with Gasteiger partial charge in [-0.15, -0.1) is 0 Å². The third-order valence-corrected chi connectivity index (χ3v) is 3.67. The highest BCUT2D eigenvalue weighted by molar-refractivity contribution is 9.10. The van der Waals surface area contributed by atoms with E-state index in [0.717, 1.165) is 15.7 Å². The highest BCUT2D eigenvalue weighted by Crippen LogP contribution is 2.31. The minimum atomic E-state index is -0.359. The highest BCUT2D eigenvalue weighted by atomic mass is 79.9. The van der Waals surface area contributed by atoms with Crippen molar-refractivity contribution in [2.75, 3.05) is 5.32 Å². The SMILES string of the molecule is NC(=S)c1ccc(Nc2cc(F)ccc2Cl)c(Br)c1. The zero-order chi connectivity index (χ0) is 14.0. The lowest BCUT2D eigenvalue weighted by Crippen LogP contribution is -2.09. The summed E-state index contributed by atoms with van der Waals surface area (Å²) in [7, 11) is 0. The van der Waals surface area contributed by atoms with E-state index in [1.165, 1.54) is 18.2 Å². The number of nitrogens with two attached hydrogens (primary N) is 1. The van der Waals surface area contributed by atoms with Gasteiger partial charge in [-0.25, -0.2) is 4.39 Å². The molecule has 0 saturated heterocycles. The smallest absolute Gasteiger partial charge is 0.125 e. The van der Waals surface area contributed by atoms with Gasteiger partial charge in [0.2, 0.25) is 0 Å². The van der Waals surface area contributed by atoms with Crippen LogP contribution in [0.4, 0.5) is 15.8 Å². The number of hydrogen-bond donors (Lipinski definition) is 2. The molecule has 0 aliphatic rings. The van der Waals surface area contributed by atoms with Crippen molar-refractivity contribution < 1.29 is 4.39 Å². The van der Waals surface area contributed by atoms with E-state index >= 15 is 0 Å². The first kappa shape index (κ1) is 14.2. The molecule has 6 heteroatoms. The van der Waals surface area contributed by atoms with Crippen LogP contribution in [-0.2, 0) is 0 Å². The molecule has 2 aromatic rings. The molecule has 0 aliphatic heterocycles. The number of halogens is 3. The Hall–Kier alpha value is -1.17. The van der Waals surface area contributed by atoms with Crippen LogP contribution in [-0.4, -0.2) is 4.99 Å². The zero-order valence-electron chi connectivity index (χ0n) is 9.58. The van der Waals surface area contributed by atoms with Crippen LogP contribution < -0.4 is 11.1 Å². The lowest BCUT2D eigenvalue weighted by atomic mass is 10.2. The summed E-state index contributed by atoms with van der Waals surface area (Å²) in [5.74, 6) is -0.359. The highest BCUT2D eigenvalue weighted by Gasteiger charge is 2.07. The summed E-state index contributed by atoms with van der Waals surface area (Å²) in [6.07, 6.45) is 0. The lowest BCUT2D eigenvalue weighted by molar-refractivity contribution is 0.628. The Morgan fingerprint density at radius 1 is 1.21 bits per heavy atom. The molecule has 2 nitrogen and oxygen atoms in total. The van der Waals surface area contributed by atoms with Gasteiger partial charge in [-0.1, -0.05) is 23.8 Å². The summed E-state index contributed by atoms with van der Waals surface area (Å²) < 4.78 is 13.9. The first-order valence-corrected chi connectivity index (χ1v) is 6.87. The van der Waals surface area contributed by atoms with Crippen molar-refractivity contribution in [2.45, 2.75) is 0 Å². The van der Waals surface area contributed by atoms with Gasteiger partial charge in [-0.3, -0.25) is 0 Å². The van der Waals surface area contributed by atoms with Crippen LogP contribution in [0, 0.1) is 5.82 Å². The van der Waals surface area contributed by atoms with Crippen molar-refractivity contribution in [2.24, 2.45) is 5.73 Å². The van der Waals surface area contributed by atoms with Gasteiger partial charge < -0.3 is 11.1 Å². The summed E-state index contributed by atoms with van der Waals surface area (Å²) in [5.41, 5.74) is 7.53. The fourth-order valence-electron chi connectivity index (χ4n) is 1.51. The van der Waals surface area contributed by atoms with E-state index in [2.05, 4.69) is 21.2 Å². The fraction of sp³-hybridized carbons (Fsp3) is 0. The Morgan fingerprint density at radius 2 is 1.95 bits per heavy atom. The molecule has 0 atom stereocenters. The van der Waals surface area contributed by atoms with E-state index in [9.17, 15) is 4.39 Å². The fourth-order valence-corrected chi connectivity index (χ4v) is 2.28. The first-order valence-electron chi connectivity index (χ1n) is 5.29. The second kappa shape index (κ2) is 5.86. The molecule has 3 N–H and O–H groups in total. The van der Waals surface area contributed by atoms with Crippen molar-refractivity contribution in [1.82, 2.24) is 0 Å². The van der Waals surface area contributed by atoms with Crippen LogP contribution >= 0.6 is 39.7 Å².